The second kappa shape index (κ2) is 7.59. The summed E-state index contributed by atoms with van der Waals surface area (Å²) in [5.74, 6) is -0.584. The van der Waals surface area contributed by atoms with Gasteiger partial charge in [-0.2, -0.15) is 13.2 Å². The van der Waals surface area contributed by atoms with Crippen LogP contribution in [0.25, 0.3) is 0 Å². The minimum Gasteiger partial charge on any atom is -0.465 e. The number of benzene rings is 2. The molecule has 0 saturated carbocycles. The molecule has 7 nitrogen and oxygen atoms in total. The molecule has 1 N–H and O–H groups in total. The zero-order valence-corrected chi connectivity index (χ0v) is 15.7. The van der Waals surface area contributed by atoms with Crippen LogP contribution in [-0.4, -0.2) is 42.2 Å². The molecule has 0 aromatic heterocycles. The Labute approximate surface area is 167 Å². The van der Waals surface area contributed by atoms with E-state index in [1.807, 2.05) is 0 Å². The van der Waals surface area contributed by atoms with Crippen molar-refractivity contribution in [1.29, 1.82) is 0 Å². The maximum absolute atomic E-state index is 13.2. The third-order valence-electron chi connectivity index (χ3n) is 4.47. The Balaban J connectivity index is 1.99. The Hall–Kier alpha value is -3.15. The summed E-state index contributed by atoms with van der Waals surface area (Å²) in [4.78, 5) is 22.9. The maximum atomic E-state index is 13.2. The fourth-order valence-corrected chi connectivity index (χ4v) is 3.92. The zero-order chi connectivity index (χ0) is 22.3. The number of carboxylic acid groups (broad SMARTS) is 1. The van der Waals surface area contributed by atoms with E-state index in [0.29, 0.717) is 4.90 Å². The van der Waals surface area contributed by atoms with Gasteiger partial charge in [-0.25, -0.2) is 27.3 Å². The average Bonchev–Trinajstić information content (AvgIpc) is 2.97. The predicted molar refractivity (Wildman–Crippen MR) is 92.7 cm³/mol. The molecule has 2 amide bonds. The van der Waals surface area contributed by atoms with Gasteiger partial charge in [0.05, 0.1) is 10.9 Å². The van der Waals surface area contributed by atoms with Crippen LogP contribution in [0.15, 0.2) is 53.4 Å². The van der Waals surface area contributed by atoms with E-state index in [1.54, 1.807) is 0 Å². The highest BCUT2D eigenvalue weighted by molar-refractivity contribution is 7.92. The number of nitrogens with zero attached hydrogens (tertiary/aromatic N) is 1. The van der Waals surface area contributed by atoms with Crippen molar-refractivity contribution in [3.05, 3.63) is 65.5 Å². The molecule has 2 atom stereocenters. The standard InChI is InChI=1S/C18H13F4NO6S/c19-12-6-4-11(5-7-12)15-14(23(16(24)25)17(26)29-15)9-10-2-1-3-13(8-10)30(27,28)18(20,21)22/h1-8,14-15H,9H2,(H,24,25). The van der Waals surface area contributed by atoms with E-state index in [-0.39, 0.29) is 17.5 Å². The highest BCUT2D eigenvalue weighted by Crippen LogP contribution is 2.36. The molecule has 30 heavy (non-hydrogen) atoms. The topological polar surface area (TPSA) is 101 Å². The van der Waals surface area contributed by atoms with Crippen molar-refractivity contribution in [2.24, 2.45) is 0 Å². The molecule has 2 aromatic rings. The van der Waals surface area contributed by atoms with E-state index in [1.165, 1.54) is 18.2 Å². The average molecular weight is 447 g/mol. The number of amides is 2. The lowest BCUT2D eigenvalue weighted by Crippen LogP contribution is -2.39. The number of alkyl halides is 3. The van der Waals surface area contributed by atoms with Crippen molar-refractivity contribution in [1.82, 2.24) is 4.90 Å². The van der Waals surface area contributed by atoms with Crippen molar-refractivity contribution in [3.63, 3.8) is 0 Å². The zero-order valence-electron chi connectivity index (χ0n) is 14.8. The molecule has 1 aliphatic heterocycles. The molecule has 0 radical (unpaired) electrons. The summed E-state index contributed by atoms with van der Waals surface area (Å²) >= 11 is 0. The number of carbonyl (C=O) groups is 2. The third kappa shape index (κ3) is 3.95. The van der Waals surface area contributed by atoms with Gasteiger partial charge in [0.15, 0.2) is 6.10 Å². The van der Waals surface area contributed by atoms with Gasteiger partial charge in [-0.15, -0.1) is 0 Å². The molecule has 1 aliphatic rings. The lowest BCUT2D eigenvalue weighted by atomic mass is 9.96. The van der Waals surface area contributed by atoms with Crippen LogP contribution in [0, 0.1) is 5.82 Å². The minimum absolute atomic E-state index is 0.0296. The fraction of sp³-hybridized carbons (Fsp3) is 0.222. The molecule has 1 heterocycles. The third-order valence-corrected chi connectivity index (χ3v) is 5.95. The van der Waals surface area contributed by atoms with Crippen LogP contribution in [0.2, 0.25) is 0 Å². The van der Waals surface area contributed by atoms with E-state index < -0.39 is 50.4 Å². The number of sulfone groups is 1. The highest BCUT2D eigenvalue weighted by Gasteiger charge is 2.48. The number of cyclic esters (lactones) is 1. The molecular formula is C18H13F4NO6S. The summed E-state index contributed by atoms with van der Waals surface area (Å²) in [7, 11) is -5.61. The predicted octanol–water partition coefficient (Wildman–Crippen LogP) is 3.90. The van der Waals surface area contributed by atoms with Gasteiger partial charge in [0.25, 0.3) is 9.84 Å². The number of halogens is 4. The van der Waals surface area contributed by atoms with Gasteiger partial charge in [0, 0.05) is 0 Å². The van der Waals surface area contributed by atoms with E-state index in [0.717, 1.165) is 30.3 Å². The first kappa shape index (κ1) is 21.6. The van der Waals surface area contributed by atoms with Gasteiger partial charge in [0.2, 0.25) is 0 Å². The Kier molecular flexibility index (Phi) is 5.46. The minimum atomic E-state index is -5.61. The molecule has 3 rings (SSSR count). The molecular weight excluding hydrogens is 434 g/mol. The van der Waals surface area contributed by atoms with E-state index in [2.05, 4.69) is 0 Å². The molecule has 1 fully saturated rings. The molecule has 12 heteroatoms. The number of imide groups is 1. The Bertz CT molecular complexity index is 1080. The van der Waals surface area contributed by atoms with Gasteiger partial charge in [0.1, 0.15) is 5.82 Å². The van der Waals surface area contributed by atoms with Crippen LogP contribution in [0.1, 0.15) is 17.2 Å². The van der Waals surface area contributed by atoms with Gasteiger partial charge in [-0.05, 0) is 41.8 Å². The number of hydrogen-bond acceptors (Lipinski definition) is 5. The Morgan fingerprint density at radius 2 is 1.77 bits per heavy atom. The van der Waals surface area contributed by atoms with E-state index in [9.17, 15) is 40.7 Å². The summed E-state index contributed by atoms with van der Waals surface area (Å²) in [6, 6.07) is 7.35. The normalized spacial score (nSPS) is 19.6. The van der Waals surface area contributed by atoms with Crippen molar-refractivity contribution in [2.75, 3.05) is 0 Å². The largest absolute Gasteiger partial charge is 0.501 e. The number of rotatable bonds is 4. The Morgan fingerprint density at radius 1 is 1.13 bits per heavy atom. The highest BCUT2D eigenvalue weighted by atomic mass is 32.2. The van der Waals surface area contributed by atoms with Crippen LogP contribution < -0.4 is 0 Å². The number of carbonyl (C=O) groups excluding carboxylic acids is 1. The van der Waals surface area contributed by atoms with E-state index in [4.69, 9.17) is 4.74 Å². The monoisotopic (exact) mass is 447 g/mol. The van der Waals surface area contributed by atoms with Crippen molar-refractivity contribution in [2.45, 2.75) is 29.0 Å². The SMILES string of the molecule is O=C(O)N1C(=O)OC(c2ccc(F)cc2)C1Cc1cccc(S(=O)(=O)C(F)(F)F)c1. The molecule has 0 bridgehead atoms. The maximum Gasteiger partial charge on any atom is 0.501 e. The van der Waals surface area contributed by atoms with Crippen LogP contribution in [0.3, 0.4) is 0 Å². The lowest BCUT2D eigenvalue weighted by molar-refractivity contribution is -0.0436. The number of hydrogen-bond donors (Lipinski definition) is 1. The second-order valence-electron chi connectivity index (χ2n) is 6.38. The van der Waals surface area contributed by atoms with Gasteiger partial charge in [-0.3, -0.25) is 0 Å². The molecule has 1 saturated heterocycles. The lowest BCUT2D eigenvalue weighted by Gasteiger charge is -2.22. The van der Waals surface area contributed by atoms with Crippen LogP contribution in [0.5, 0.6) is 0 Å². The summed E-state index contributed by atoms with van der Waals surface area (Å²) < 4.78 is 80.0. The summed E-state index contributed by atoms with van der Waals surface area (Å²) in [5.41, 5.74) is -5.22. The summed E-state index contributed by atoms with van der Waals surface area (Å²) in [5, 5.41) is 9.35. The Morgan fingerprint density at radius 3 is 2.33 bits per heavy atom. The molecule has 0 aliphatic carbocycles. The molecule has 0 spiro atoms. The van der Waals surface area contributed by atoms with Crippen LogP contribution in [-0.2, 0) is 21.0 Å². The first-order valence-electron chi connectivity index (χ1n) is 8.30. The molecule has 160 valence electrons. The van der Waals surface area contributed by atoms with Gasteiger partial charge >= 0.3 is 17.7 Å². The quantitative estimate of drug-likeness (QED) is 0.714. The van der Waals surface area contributed by atoms with Gasteiger partial charge in [-0.1, -0.05) is 24.3 Å². The van der Waals surface area contributed by atoms with Crippen molar-refractivity contribution < 1.29 is 45.4 Å². The first-order chi connectivity index (χ1) is 13.9. The van der Waals surface area contributed by atoms with Crippen LogP contribution >= 0.6 is 0 Å². The first-order valence-corrected chi connectivity index (χ1v) is 9.78. The summed E-state index contributed by atoms with van der Waals surface area (Å²) in [6.45, 7) is 0. The van der Waals surface area contributed by atoms with E-state index >= 15 is 0 Å². The number of ether oxygens (including phenoxy) is 1. The van der Waals surface area contributed by atoms with Crippen molar-refractivity contribution in [3.8, 4) is 0 Å². The summed E-state index contributed by atoms with van der Waals surface area (Å²) in [6.07, 6.45) is -4.37. The van der Waals surface area contributed by atoms with Crippen LogP contribution in [0.4, 0.5) is 27.2 Å². The molecule has 2 aromatic carbocycles. The van der Waals surface area contributed by atoms with Crippen molar-refractivity contribution >= 4 is 22.0 Å². The smallest absolute Gasteiger partial charge is 0.465 e. The molecule has 2 unspecified atom stereocenters. The second-order valence-corrected chi connectivity index (χ2v) is 8.32. The fourth-order valence-electron chi connectivity index (χ4n) is 3.09. The van der Waals surface area contributed by atoms with Gasteiger partial charge < -0.3 is 9.84 Å².